The Balaban J connectivity index is 1.64. The molecule has 1 aromatic carbocycles. The van der Waals surface area contributed by atoms with E-state index in [0.29, 0.717) is 11.3 Å². The quantitative estimate of drug-likeness (QED) is 0.706. The van der Waals surface area contributed by atoms with Crippen LogP contribution in [0.15, 0.2) is 41.5 Å². The summed E-state index contributed by atoms with van der Waals surface area (Å²) in [6.45, 7) is 1.73. The zero-order valence-corrected chi connectivity index (χ0v) is 16.0. The van der Waals surface area contributed by atoms with Gasteiger partial charge >= 0.3 is 0 Å². The molecule has 1 atom stereocenters. The number of nitrogens with zero attached hydrogens (tertiary/aromatic N) is 6. The van der Waals surface area contributed by atoms with Gasteiger partial charge in [0.05, 0.1) is 16.9 Å². The molecule has 1 unspecified atom stereocenters. The second-order valence-electron chi connectivity index (χ2n) is 7.27. The van der Waals surface area contributed by atoms with Gasteiger partial charge in [0.15, 0.2) is 0 Å². The number of aromatic nitrogens is 4. The summed E-state index contributed by atoms with van der Waals surface area (Å²) < 4.78 is 1.71. The Morgan fingerprint density at radius 2 is 1.93 bits per heavy atom. The van der Waals surface area contributed by atoms with E-state index in [1.807, 2.05) is 62.7 Å². The van der Waals surface area contributed by atoms with Crippen LogP contribution in [0, 0.1) is 0 Å². The van der Waals surface area contributed by atoms with Crippen LogP contribution < -0.4 is 10.5 Å². The smallest absolute Gasteiger partial charge is 0.261 e. The van der Waals surface area contributed by atoms with Crippen LogP contribution in [0.2, 0.25) is 0 Å². The van der Waals surface area contributed by atoms with E-state index >= 15 is 0 Å². The van der Waals surface area contributed by atoms with Gasteiger partial charge in [-0.15, -0.1) is 0 Å². The van der Waals surface area contributed by atoms with E-state index in [-0.39, 0.29) is 11.6 Å². The minimum atomic E-state index is 0.0149. The van der Waals surface area contributed by atoms with Gasteiger partial charge in [-0.2, -0.15) is 0 Å². The SMILES string of the molecule is CN(C)c1ncc(CN2CCCC2c2nc3ccccc3c(=O)n2C)cn1. The fourth-order valence-electron chi connectivity index (χ4n) is 3.74. The molecule has 27 heavy (non-hydrogen) atoms. The summed E-state index contributed by atoms with van der Waals surface area (Å²) >= 11 is 0. The zero-order valence-electron chi connectivity index (χ0n) is 16.0. The Morgan fingerprint density at radius 1 is 1.19 bits per heavy atom. The van der Waals surface area contributed by atoms with Gasteiger partial charge in [-0.3, -0.25) is 14.3 Å². The molecule has 7 heteroatoms. The van der Waals surface area contributed by atoms with Crippen molar-refractivity contribution in [2.75, 3.05) is 25.5 Å². The van der Waals surface area contributed by atoms with Crippen molar-refractivity contribution in [1.82, 2.24) is 24.4 Å². The largest absolute Gasteiger partial charge is 0.347 e. The first kappa shape index (κ1) is 17.6. The maximum Gasteiger partial charge on any atom is 0.261 e. The van der Waals surface area contributed by atoms with Crippen molar-refractivity contribution in [1.29, 1.82) is 0 Å². The van der Waals surface area contributed by atoms with Crippen molar-refractivity contribution in [3.8, 4) is 0 Å². The van der Waals surface area contributed by atoms with Crippen LogP contribution in [0.4, 0.5) is 5.95 Å². The van der Waals surface area contributed by atoms with Gasteiger partial charge in [-0.05, 0) is 31.5 Å². The fraction of sp³-hybridized carbons (Fsp3) is 0.400. The van der Waals surface area contributed by atoms with Gasteiger partial charge in [0.25, 0.3) is 5.56 Å². The summed E-state index contributed by atoms with van der Waals surface area (Å²) in [5.41, 5.74) is 1.85. The molecular formula is C20H24N6O. The van der Waals surface area contributed by atoms with Crippen molar-refractivity contribution in [3.05, 3.63) is 58.4 Å². The molecule has 0 amide bonds. The number of para-hydroxylation sites is 1. The van der Waals surface area contributed by atoms with Gasteiger partial charge in [0.2, 0.25) is 5.95 Å². The molecule has 3 aromatic rings. The van der Waals surface area contributed by atoms with Crippen molar-refractivity contribution in [3.63, 3.8) is 0 Å². The molecule has 3 heterocycles. The molecule has 1 saturated heterocycles. The lowest BCUT2D eigenvalue weighted by atomic mass is 10.1. The highest BCUT2D eigenvalue weighted by Crippen LogP contribution is 2.32. The number of hydrogen-bond acceptors (Lipinski definition) is 6. The molecule has 7 nitrogen and oxygen atoms in total. The molecular weight excluding hydrogens is 340 g/mol. The number of benzene rings is 1. The second kappa shape index (κ2) is 7.08. The topological polar surface area (TPSA) is 67.2 Å². The summed E-state index contributed by atoms with van der Waals surface area (Å²) in [7, 11) is 5.68. The average Bonchev–Trinajstić information content (AvgIpc) is 3.13. The van der Waals surface area contributed by atoms with E-state index in [9.17, 15) is 4.79 Å². The zero-order chi connectivity index (χ0) is 19.0. The summed E-state index contributed by atoms with van der Waals surface area (Å²) in [5.74, 6) is 1.54. The Labute approximate surface area is 158 Å². The van der Waals surface area contributed by atoms with Gasteiger partial charge in [0, 0.05) is 45.6 Å². The highest BCUT2D eigenvalue weighted by Gasteiger charge is 2.29. The van der Waals surface area contributed by atoms with Gasteiger partial charge < -0.3 is 4.90 Å². The number of rotatable bonds is 4. The van der Waals surface area contributed by atoms with Gasteiger partial charge in [-0.1, -0.05) is 12.1 Å². The average molecular weight is 364 g/mol. The van der Waals surface area contributed by atoms with Gasteiger partial charge in [0.1, 0.15) is 5.82 Å². The van der Waals surface area contributed by atoms with Crippen molar-refractivity contribution in [2.45, 2.75) is 25.4 Å². The second-order valence-corrected chi connectivity index (χ2v) is 7.27. The lowest BCUT2D eigenvalue weighted by Crippen LogP contribution is -2.30. The highest BCUT2D eigenvalue weighted by atomic mass is 16.1. The third-order valence-electron chi connectivity index (χ3n) is 5.16. The normalized spacial score (nSPS) is 17.5. The Hall–Kier alpha value is -2.80. The number of anilines is 1. The van der Waals surface area contributed by atoms with Crippen molar-refractivity contribution >= 4 is 16.9 Å². The Morgan fingerprint density at radius 3 is 2.67 bits per heavy atom. The minimum Gasteiger partial charge on any atom is -0.347 e. The van der Waals surface area contributed by atoms with Crippen molar-refractivity contribution in [2.24, 2.45) is 7.05 Å². The molecule has 1 fully saturated rings. The fourth-order valence-corrected chi connectivity index (χ4v) is 3.74. The third kappa shape index (κ3) is 3.30. The number of hydrogen-bond donors (Lipinski definition) is 0. The molecule has 1 aliphatic heterocycles. The summed E-state index contributed by atoms with van der Waals surface area (Å²) in [5, 5.41) is 0.668. The molecule has 0 saturated carbocycles. The number of fused-ring (bicyclic) bond motifs is 1. The predicted octanol–water partition coefficient (Wildman–Crippen LogP) is 2.13. The summed E-state index contributed by atoms with van der Waals surface area (Å²) in [4.78, 5) is 30.6. The maximum absolute atomic E-state index is 12.8. The van der Waals surface area contributed by atoms with Crippen LogP contribution in [0.3, 0.4) is 0 Å². The lowest BCUT2D eigenvalue weighted by Gasteiger charge is -2.25. The van der Waals surface area contributed by atoms with Crippen LogP contribution in [0.5, 0.6) is 0 Å². The van der Waals surface area contributed by atoms with Crippen LogP contribution in [0.1, 0.15) is 30.3 Å². The molecule has 0 radical (unpaired) electrons. The molecule has 1 aliphatic rings. The highest BCUT2D eigenvalue weighted by molar-refractivity contribution is 5.77. The first-order valence-corrected chi connectivity index (χ1v) is 9.22. The molecule has 0 aliphatic carbocycles. The molecule has 140 valence electrons. The lowest BCUT2D eigenvalue weighted by molar-refractivity contribution is 0.234. The van der Waals surface area contributed by atoms with Crippen molar-refractivity contribution < 1.29 is 0 Å². The number of likely N-dealkylation sites (tertiary alicyclic amines) is 1. The first-order chi connectivity index (χ1) is 13.0. The summed E-state index contributed by atoms with van der Waals surface area (Å²) in [6, 6.07) is 7.68. The Kier molecular flexibility index (Phi) is 4.61. The summed E-state index contributed by atoms with van der Waals surface area (Å²) in [6.07, 6.45) is 5.84. The Bertz CT molecular complexity index is 1010. The van der Waals surface area contributed by atoms with Crippen LogP contribution in [-0.2, 0) is 13.6 Å². The molecule has 0 N–H and O–H groups in total. The maximum atomic E-state index is 12.8. The minimum absolute atomic E-state index is 0.0149. The molecule has 4 rings (SSSR count). The third-order valence-corrected chi connectivity index (χ3v) is 5.16. The van der Waals surface area contributed by atoms with E-state index in [1.54, 1.807) is 4.57 Å². The van der Waals surface area contributed by atoms with E-state index < -0.39 is 0 Å². The predicted molar refractivity (Wildman–Crippen MR) is 106 cm³/mol. The standard InChI is InChI=1S/C20H24N6O/c1-24(2)20-21-11-14(12-22-20)13-26-10-6-9-17(26)18-23-16-8-5-4-7-15(16)19(27)25(18)3/h4-5,7-8,11-12,17H,6,9-10,13H2,1-3H3. The molecule has 2 aromatic heterocycles. The molecule has 0 spiro atoms. The van der Waals surface area contributed by atoms with Crippen LogP contribution in [0.25, 0.3) is 10.9 Å². The van der Waals surface area contributed by atoms with E-state index in [1.165, 1.54) is 0 Å². The van der Waals surface area contributed by atoms with Crippen LogP contribution >= 0.6 is 0 Å². The van der Waals surface area contributed by atoms with Crippen LogP contribution in [-0.4, -0.2) is 45.1 Å². The van der Waals surface area contributed by atoms with E-state index in [4.69, 9.17) is 4.98 Å². The van der Waals surface area contributed by atoms with E-state index in [2.05, 4.69) is 14.9 Å². The first-order valence-electron chi connectivity index (χ1n) is 9.22. The van der Waals surface area contributed by atoms with Gasteiger partial charge in [-0.25, -0.2) is 15.0 Å². The van der Waals surface area contributed by atoms with E-state index in [0.717, 1.165) is 42.8 Å². The monoisotopic (exact) mass is 364 g/mol. The molecule has 0 bridgehead atoms.